The summed E-state index contributed by atoms with van der Waals surface area (Å²) in [5.74, 6) is 1.77. The number of hydrogen-bond acceptors (Lipinski definition) is 6. The highest BCUT2D eigenvalue weighted by Gasteiger charge is 2.13. The highest BCUT2D eigenvalue weighted by atomic mass is 16.5. The minimum absolute atomic E-state index is 0.804. The van der Waals surface area contributed by atoms with E-state index in [0.717, 1.165) is 74.3 Å². The molecule has 0 aliphatic carbocycles. The van der Waals surface area contributed by atoms with E-state index >= 15 is 0 Å². The van der Waals surface area contributed by atoms with Crippen molar-refractivity contribution in [3.63, 3.8) is 0 Å². The molecular weight excluding hydrogens is 374 g/mol. The van der Waals surface area contributed by atoms with Gasteiger partial charge in [0, 0.05) is 43.0 Å². The van der Waals surface area contributed by atoms with E-state index in [1.165, 1.54) is 38.0 Å². The van der Waals surface area contributed by atoms with Gasteiger partial charge in [-0.3, -0.25) is 4.90 Å². The van der Waals surface area contributed by atoms with Crippen LogP contribution in [-0.4, -0.2) is 72.3 Å². The van der Waals surface area contributed by atoms with Gasteiger partial charge in [0.05, 0.1) is 13.2 Å². The van der Waals surface area contributed by atoms with Gasteiger partial charge in [-0.05, 0) is 58.3 Å². The number of ether oxygens (including phenoxy) is 1. The van der Waals surface area contributed by atoms with Crippen LogP contribution >= 0.6 is 0 Å². The normalized spacial score (nSPS) is 18.1. The zero-order valence-corrected chi connectivity index (χ0v) is 18.5. The third kappa shape index (κ3) is 5.56. The highest BCUT2D eigenvalue weighted by molar-refractivity contribution is 5.60. The van der Waals surface area contributed by atoms with Crippen LogP contribution in [0, 0.1) is 13.8 Å². The number of morpholine rings is 1. The second kappa shape index (κ2) is 10.3. The van der Waals surface area contributed by atoms with Crippen LogP contribution in [0.2, 0.25) is 0 Å². The summed E-state index contributed by atoms with van der Waals surface area (Å²) in [5, 5.41) is 3.56. The Kier molecular flexibility index (Phi) is 7.31. The van der Waals surface area contributed by atoms with Gasteiger partial charge in [-0.25, -0.2) is 9.97 Å². The van der Waals surface area contributed by atoms with Crippen LogP contribution in [0.4, 0.5) is 5.82 Å². The molecule has 2 aliphatic rings. The Morgan fingerprint density at radius 1 is 0.933 bits per heavy atom. The van der Waals surface area contributed by atoms with Gasteiger partial charge in [-0.15, -0.1) is 0 Å². The van der Waals surface area contributed by atoms with Crippen molar-refractivity contribution in [3.8, 4) is 11.4 Å². The topological polar surface area (TPSA) is 53.5 Å². The molecule has 0 spiro atoms. The first-order valence-corrected chi connectivity index (χ1v) is 11.4. The van der Waals surface area contributed by atoms with E-state index in [1.54, 1.807) is 0 Å². The van der Waals surface area contributed by atoms with E-state index in [4.69, 9.17) is 14.7 Å². The summed E-state index contributed by atoms with van der Waals surface area (Å²) >= 11 is 0. The summed E-state index contributed by atoms with van der Waals surface area (Å²) in [6, 6.07) is 8.70. The maximum atomic E-state index is 5.44. The summed E-state index contributed by atoms with van der Waals surface area (Å²) in [4.78, 5) is 14.6. The number of aryl methyl sites for hydroxylation is 1. The van der Waals surface area contributed by atoms with Crippen molar-refractivity contribution in [1.29, 1.82) is 0 Å². The Bertz CT molecular complexity index is 811. The molecule has 4 rings (SSSR count). The summed E-state index contributed by atoms with van der Waals surface area (Å²) in [6.45, 7) is 13.5. The van der Waals surface area contributed by atoms with Crippen molar-refractivity contribution in [2.75, 3.05) is 57.8 Å². The van der Waals surface area contributed by atoms with Gasteiger partial charge in [-0.1, -0.05) is 24.3 Å². The summed E-state index contributed by atoms with van der Waals surface area (Å²) < 4.78 is 5.44. The zero-order chi connectivity index (χ0) is 20.8. The lowest BCUT2D eigenvalue weighted by Crippen LogP contribution is -2.35. The fourth-order valence-corrected chi connectivity index (χ4v) is 4.22. The van der Waals surface area contributed by atoms with Gasteiger partial charge in [0.15, 0.2) is 5.82 Å². The summed E-state index contributed by atoms with van der Waals surface area (Å²) in [5.41, 5.74) is 4.58. The lowest BCUT2D eigenvalue weighted by molar-refractivity contribution is 0.0342. The Balaban J connectivity index is 1.38. The van der Waals surface area contributed by atoms with Crippen molar-refractivity contribution in [1.82, 2.24) is 19.8 Å². The van der Waals surface area contributed by atoms with Crippen LogP contribution in [0.3, 0.4) is 0 Å². The average Bonchev–Trinajstić information content (AvgIpc) is 3.29. The average molecular weight is 410 g/mol. The third-order valence-electron chi connectivity index (χ3n) is 6.25. The van der Waals surface area contributed by atoms with Crippen LogP contribution in [0.5, 0.6) is 0 Å². The number of nitrogens with zero attached hydrogens (tertiary/aromatic N) is 4. The van der Waals surface area contributed by atoms with E-state index in [0.29, 0.717) is 0 Å². The standard InChI is InChI=1S/C24H35N5O/c1-19-20(2)26-24(27-23(19)25-10-5-13-28-11-3-4-12-28)22-8-6-21(7-9-22)18-29-14-16-30-17-15-29/h6-9H,3-5,10-18H2,1-2H3,(H,25,26,27). The molecule has 0 bridgehead atoms. The molecule has 2 aliphatic heterocycles. The fourth-order valence-electron chi connectivity index (χ4n) is 4.22. The number of anilines is 1. The highest BCUT2D eigenvalue weighted by Crippen LogP contribution is 2.22. The molecule has 6 nitrogen and oxygen atoms in total. The molecule has 2 aromatic rings. The van der Waals surface area contributed by atoms with Gasteiger partial charge < -0.3 is 15.0 Å². The van der Waals surface area contributed by atoms with Gasteiger partial charge in [0.1, 0.15) is 5.82 Å². The quantitative estimate of drug-likeness (QED) is 0.674. The van der Waals surface area contributed by atoms with Crippen molar-refractivity contribution < 1.29 is 4.74 Å². The zero-order valence-electron chi connectivity index (χ0n) is 18.5. The van der Waals surface area contributed by atoms with Gasteiger partial charge >= 0.3 is 0 Å². The minimum atomic E-state index is 0.804. The van der Waals surface area contributed by atoms with Crippen LogP contribution in [0.1, 0.15) is 36.1 Å². The molecule has 0 amide bonds. The predicted molar refractivity (Wildman–Crippen MR) is 122 cm³/mol. The van der Waals surface area contributed by atoms with Crippen molar-refractivity contribution in [2.24, 2.45) is 0 Å². The number of rotatable bonds is 8. The molecule has 0 unspecified atom stereocenters. The lowest BCUT2D eigenvalue weighted by atomic mass is 10.1. The van der Waals surface area contributed by atoms with Crippen LogP contribution < -0.4 is 5.32 Å². The molecule has 1 N–H and O–H groups in total. The first-order chi connectivity index (χ1) is 14.7. The van der Waals surface area contributed by atoms with Crippen molar-refractivity contribution in [3.05, 3.63) is 41.1 Å². The molecule has 30 heavy (non-hydrogen) atoms. The molecule has 0 saturated carbocycles. The maximum absolute atomic E-state index is 5.44. The van der Waals surface area contributed by atoms with Gasteiger partial charge in [0.2, 0.25) is 0 Å². The Hall–Kier alpha value is -2.02. The number of aromatic nitrogens is 2. The molecule has 0 atom stereocenters. The molecule has 1 aromatic carbocycles. The first-order valence-electron chi connectivity index (χ1n) is 11.4. The van der Waals surface area contributed by atoms with Crippen LogP contribution in [0.25, 0.3) is 11.4 Å². The summed E-state index contributed by atoms with van der Waals surface area (Å²) in [6.07, 6.45) is 3.85. The van der Waals surface area contributed by atoms with E-state index in [1.807, 2.05) is 0 Å². The van der Waals surface area contributed by atoms with Gasteiger partial charge in [0.25, 0.3) is 0 Å². The molecule has 2 fully saturated rings. The second-order valence-corrected chi connectivity index (χ2v) is 8.52. The molecule has 162 valence electrons. The molecule has 2 saturated heterocycles. The number of likely N-dealkylation sites (tertiary alicyclic amines) is 1. The van der Waals surface area contributed by atoms with E-state index < -0.39 is 0 Å². The number of nitrogens with one attached hydrogen (secondary N) is 1. The Morgan fingerprint density at radius 3 is 2.40 bits per heavy atom. The monoisotopic (exact) mass is 409 g/mol. The van der Waals surface area contributed by atoms with Crippen molar-refractivity contribution in [2.45, 2.75) is 39.7 Å². The number of benzene rings is 1. The molecule has 1 aromatic heterocycles. The van der Waals surface area contributed by atoms with Gasteiger partial charge in [-0.2, -0.15) is 0 Å². The second-order valence-electron chi connectivity index (χ2n) is 8.52. The lowest BCUT2D eigenvalue weighted by Gasteiger charge is -2.26. The molecular formula is C24H35N5O. The Morgan fingerprint density at radius 2 is 1.67 bits per heavy atom. The van der Waals surface area contributed by atoms with Crippen LogP contribution in [0.15, 0.2) is 24.3 Å². The number of hydrogen-bond donors (Lipinski definition) is 1. The van der Waals surface area contributed by atoms with Crippen LogP contribution in [-0.2, 0) is 11.3 Å². The summed E-state index contributed by atoms with van der Waals surface area (Å²) in [7, 11) is 0. The molecule has 6 heteroatoms. The van der Waals surface area contributed by atoms with Crippen molar-refractivity contribution >= 4 is 5.82 Å². The fraction of sp³-hybridized carbons (Fsp3) is 0.583. The minimum Gasteiger partial charge on any atom is -0.379 e. The maximum Gasteiger partial charge on any atom is 0.161 e. The van der Waals surface area contributed by atoms with E-state index in [9.17, 15) is 0 Å². The third-order valence-corrected chi connectivity index (χ3v) is 6.25. The SMILES string of the molecule is Cc1nc(-c2ccc(CN3CCOCC3)cc2)nc(NCCCN2CCCC2)c1C. The van der Waals surface area contributed by atoms with E-state index in [2.05, 4.69) is 53.2 Å². The Labute approximate surface area is 180 Å². The molecule has 0 radical (unpaired) electrons. The first kappa shape index (κ1) is 21.2. The smallest absolute Gasteiger partial charge is 0.161 e. The van der Waals surface area contributed by atoms with E-state index in [-0.39, 0.29) is 0 Å². The largest absolute Gasteiger partial charge is 0.379 e. The predicted octanol–water partition coefficient (Wildman–Crippen LogP) is 3.49. The molecule has 3 heterocycles.